The molecule has 1 amide bonds. The lowest BCUT2D eigenvalue weighted by atomic mass is 10.1. The van der Waals surface area contributed by atoms with Crippen LogP contribution in [0.2, 0.25) is 0 Å². The molecule has 1 saturated heterocycles. The Morgan fingerprint density at radius 1 is 1.16 bits per heavy atom. The Hall–Kier alpha value is -3.93. The summed E-state index contributed by atoms with van der Waals surface area (Å²) < 4.78 is 89.5. The second-order valence-electron chi connectivity index (χ2n) is 7.91. The molecule has 1 aliphatic rings. The van der Waals surface area contributed by atoms with Gasteiger partial charge in [-0.05, 0) is 55.1 Å². The highest BCUT2D eigenvalue weighted by molar-refractivity contribution is 5.90. The van der Waals surface area contributed by atoms with Gasteiger partial charge in [0.25, 0.3) is 0 Å². The molecule has 0 spiro atoms. The number of benzene rings is 2. The van der Waals surface area contributed by atoms with Crippen LogP contribution in [-0.4, -0.2) is 46.4 Å². The van der Waals surface area contributed by atoms with Crippen molar-refractivity contribution in [3.8, 4) is 5.75 Å². The predicted octanol–water partition coefficient (Wildman–Crippen LogP) is 4.97. The number of rotatable bonds is 8. The second-order valence-corrected chi connectivity index (χ2v) is 7.91. The molecule has 12 heteroatoms. The lowest BCUT2D eigenvalue weighted by molar-refractivity contribution is -0.274. The Morgan fingerprint density at radius 3 is 2.54 bits per heavy atom. The van der Waals surface area contributed by atoms with Crippen molar-refractivity contribution in [2.24, 2.45) is 0 Å². The number of ether oxygens (including phenoxy) is 2. The summed E-state index contributed by atoms with van der Waals surface area (Å²) in [5.41, 5.74) is 2.16. The van der Waals surface area contributed by atoms with Crippen molar-refractivity contribution in [2.75, 3.05) is 28.6 Å². The fourth-order valence-corrected chi connectivity index (χ4v) is 3.36. The van der Waals surface area contributed by atoms with Gasteiger partial charge in [0, 0.05) is 36.9 Å². The Morgan fingerprint density at radius 2 is 1.86 bits per heavy atom. The van der Waals surface area contributed by atoms with Crippen molar-refractivity contribution >= 4 is 29.2 Å². The van der Waals surface area contributed by atoms with Gasteiger partial charge in [0.05, 0.1) is 14.1 Å². The smallest absolute Gasteiger partial charge is 0.406 e. The minimum Gasteiger partial charge on any atom is -0.406 e. The Kier molecular flexibility index (Phi) is 6.22. The molecule has 0 unspecified atom stereocenters. The molecular formula is C25H27F3N6O3. The first kappa shape index (κ1) is 20.2. The third-order valence-corrected chi connectivity index (χ3v) is 5.13. The van der Waals surface area contributed by atoms with Crippen molar-refractivity contribution in [3.05, 3.63) is 59.9 Å². The number of piperidine rings is 1. The Balaban J connectivity index is 1.49. The number of alkyl halides is 3. The van der Waals surface area contributed by atoms with Crippen LogP contribution in [0.5, 0.6) is 5.75 Å². The molecule has 0 bridgehead atoms. The molecule has 0 radical (unpaired) electrons. The second kappa shape index (κ2) is 11.4. The molecule has 2 heterocycles. The number of aromatic nitrogens is 3. The van der Waals surface area contributed by atoms with E-state index in [1.165, 1.54) is 30.3 Å². The molecule has 1 aromatic heterocycles. The van der Waals surface area contributed by atoms with E-state index in [0.717, 1.165) is 12.1 Å². The lowest BCUT2D eigenvalue weighted by Crippen LogP contribution is -2.38. The third kappa shape index (κ3) is 7.53. The summed E-state index contributed by atoms with van der Waals surface area (Å²) in [7, 11) is 0. The minimum absolute atomic E-state index is 0.0433. The third-order valence-electron chi connectivity index (χ3n) is 5.13. The maximum absolute atomic E-state index is 12.4. The summed E-state index contributed by atoms with van der Waals surface area (Å²) in [6, 6.07) is 9.76. The first-order valence-corrected chi connectivity index (χ1v) is 11.1. The highest BCUT2D eigenvalue weighted by Gasteiger charge is 2.31. The van der Waals surface area contributed by atoms with Gasteiger partial charge in [-0.3, -0.25) is 4.79 Å². The maximum atomic E-state index is 12.4. The molecule has 1 fully saturated rings. The largest absolute Gasteiger partial charge is 0.573 e. The zero-order chi connectivity index (χ0) is 30.9. The number of anilines is 4. The standard InChI is InChI=1S/C25H27F3N6O3/c1-16-21(31-17(2)35)4-3-5-22(16)32-23-29-15-30-24(33-23)34-12-10-19(11-13-34)36-14-18-6-8-20(9-7-18)37-25(26,27)28/h3-9,15,19H,10-14H2,1-2H3,(H,31,35)(H,29,30,32,33)/i10D2,11D2,19D. The molecular weight excluding hydrogens is 489 g/mol. The zero-order valence-corrected chi connectivity index (χ0v) is 19.9. The van der Waals surface area contributed by atoms with Gasteiger partial charge in [0.2, 0.25) is 17.8 Å². The van der Waals surface area contributed by atoms with Crippen molar-refractivity contribution in [1.29, 1.82) is 0 Å². The van der Waals surface area contributed by atoms with Gasteiger partial charge in [-0.25, -0.2) is 9.97 Å². The van der Waals surface area contributed by atoms with Gasteiger partial charge in [0.1, 0.15) is 12.1 Å². The fraction of sp³-hybridized carbons (Fsp3) is 0.360. The van der Waals surface area contributed by atoms with Crippen molar-refractivity contribution in [3.63, 3.8) is 0 Å². The Labute approximate surface area is 219 Å². The molecule has 4 rings (SSSR count). The molecule has 37 heavy (non-hydrogen) atoms. The summed E-state index contributed by atoms with van der Waals surface area (Å²) >= 11 is 0. The number of carbonyl (C=O) groups is 1. The molecule has 196 valence electrons. The highest BCUT2D eigenvalue weighted by atomic mass is 19.4. The number of nitrogens with zero attached hydrogens (tertiary/aromatic N) is 4. The quantitative estimate of drug-likeness (QED) is 0.429. The van der Waals surface area contributed by atoms with E-state index in [1.54, 1.807) is 25.1 Å². The van der Waals surface area contributed by atoms with E-state index in [0.29, 0.717) is 16.9 Å². The number of amides is 1. The number of hydrogen-bond donors (Lipinski definition) is 2. The van der Waals surface area contributed by atoms with E-state index in [9.17, 15) is 18.0 Å². The van der Waals surface area contributed by atoms with Gasteiger partial charge in [-0.15, -0.1) is 13.2 Å². The van der Waals surface area contributed by atoms with Gasteiger partial charge in [-0.2, -0.15) is 4.98 Å². The highest BCUT2D eigenvalue weighted by Crippen LogP contribution is 2.27. The average Bonchev–Trinajstić information content (AvgIpc) is 2.88. The lowest BCUT2D eigenvalue weighted by Gasteiger charge is -2.32. The van der Waals surface area contributed by atoms with Crippen LogP contribution in [-0.2, 0) is 16.1 Å². The first-order valence-electron chi connectivity index (χ1n) is 13.6. The maximum Gasteiger partial charge on any atom is 0.573 e. The number of halogens is 3. The minimum atomic E-state index is -4.86. The Bertz CT molecular complexity index is 1430. The summed E-state index contributed by atoms with van der Waals surface area (Å²) in [4.78, 5) is 25.2. The molecule has 0 aliphatic carbocycles. The van der Waals surface area contributed by atoms with Crippen LogP contribution in [0, 0.1) is 6.92 Å². The molecule has 2 aromatic carbocycles. The number of nitrogens with one attached hydrogen (secondary N) is 2. The summed E-state index contributed by atoms with van der Waals surface area (Å²) in [5.74, 6) is -0.666. The van der Waals surface area contributed by atoms with E-state index in [4.69, 9.17) is 11.6 Å². The molecule has 9 nitrogen and oxygen atoms in total. The molecule has 1 aliphatic heterocycles. The van der Waals surface area contributed by atoms with Gasteiger partial charge in [0.15, 0.2) is 0 Å². The van der Waals surface area contributed by atoms with Crippen LogP contribution in [0.4, 0.5) is 36.4 Å². The summed E-state index contributed by atoms with van der Waals surface area (Å²) in [6.45, 7) is 1.72. The van der Waals surface area contributed by atoms with E-state index in [2.05, 4.69) is 30.3 Å². The van der Waals surface area contributed by atoms with Crippen LogP contribution in [0.3, 0.4) is 0 Å². The van der Waals surface area contributed by atoms with Gasteiger partial charge >= 0.3 is 6.36 Å². The predicted molar refractivity (Wildman–Crippen MR) is 132 cm³/mol. The topological polar surface area (TPSA) is 102 Å². The monoisotopic (exact) mass is 521 g/mol. The van der Waals surface area contributed by atoms with E-state index in [1.807, 2.05) is 0 Å². The van der Waals surface area contributed by atoms with Crippen molar-refractivity contribution in [1.82, 2.24) is 15.0 Å². The zero-order valence-electron chi connectivity index (χ0n) is 24.9. The normalized spacial score (nSPS) is 19.9. The number of carbonyl (C=O) groups excluding carboxylic acids is 1. The van der Waals surface area contributed by atoms with Gasteiger partial charge in [-0.1, -0.05) is 18.2 Å². The summed E-state index contributed by atoms with van der Waals surface area (Å²) in [5, 5.41) is 5.74. The molecule has 0 atom stereocenters. The van der Waals surface area contributed by atoms with E-state index < -0.39 is 50.6 Å². The van der Waals surface area contributed by atoms with Crippen LogP contribution < -0.4 is 20.3 Å². The van der Waals surface area contributed by atoms with Crippen LogP contribution in [0.15, 0.2) is 48.8 Å². The van der Waals surface area contributed by atoms with Crippen molar-refractivity contribution in [2.45, 2.75) is 45.6 Å². The average molecular weight is 522 g/mol. The SMILES string of the molecule is [2H]C1([2H])CN(c2ncnc(Nc3cccc(NC(C)=O)c3C)n2)CC([2H])([2H])C1([2H])OCc1ccc(OC(F)(F)F)cc1. The fourth-order valence-electron chi connectivity index (χ4n) is 3.36. The van der Waals surface area contributed by atoms with E-state index >= 15 is 0 Å². The van der Waals surface area contributed by atoms with Gasteiger partial charge < -0.3 is 25.0 Å². The molecule has 2 N–H and O–H groups in total. The van der Waals surface area contributed by atoms with Crippen molar-refractivity contribution < 1.29 is 34.3 Å². The van der Waals surface area contributed by atoms with Crippen LogP contribution in [0.1, 0.15) is 37.7 Å². The number of hydrogen-bond acceptors (Lipinski definition) is 8. The van der Waals surface area contributed by atoms with E-state index in [-0.39, 0.29) is 23.4 Å². The summed E-state index contributed by atoms with van der Waals surface area (Å²) in [6.07, 6.45) is -11.5. The first-order chi connectivity index (χ1) is 19.5. The molecule has 0 saturated carbocycles. The van der Waals surface area contributed by atoms with Crippen LogP contribution in [0.25, 0.3) is 0 Å². The molecule has 3 aromatic rings. The van der Waals surface area contributed by atoms with Crippen LogP contribution >= 0.6 is 0 Å².